The predicted octanol–water partition coefficient (Wildman–Crippen LogP) is 2.97. The van der Waals surface area contributed by atoms with E-state index in [2.05, 4.69) is 4.99 Å². The molecule has 1 amide bonds. The minimum atomic E-state index is -0.448. The number of ether oxygens (including phenoxy) is 5. The molecule has 0 radical (unpaired) electrons. The van der Waals surface area contributed by atoms with Crippen molar-refractivity contribution in [2.45, 2.75) is 19.9 Å². The Morgan fingerprint density at radius 3 is 2.18 bits per heavy atom. The van der Waals surface area contributed by atoms with Crippen molar-refractivity contribution < 1.29 is 33.3 Å². The van der Waals surface area contributed by atoms with E-state index in [1.54, 1.807) is 56.0 Å². The molecule has 10 heteroatoms. The van der Waals surface area contributed by atoms with Crippen molar-refractivity contribution >= 4 is 33.4 Å². The molecule has 0 spiro atoms. The van der Waals surface area contributed by atoms with Gasteiger partial charge in [-0.3, -0.25) is 9.59 Å². The fourth-order valence-corrected chi connectivity index (χ4v) is 4.49. The quantitative estimate of drug-likeness (QED) is 0.440. The lowest BCUT2D eigenvalue weighted by Crippen LogP contribution is -2.23. The number of rotatable bonds is 9. The van der Waals surface area contributed by atoms with Crippen LogP contribution in [0.5, 0.6) is 23.0 Å². The summed E-state index contributed by atoms with van der Waals surface area (Å²) in [6, 6.07) is 8.75. The highest BCUT2D eigenvalue weighted by Gasteiger charge is 2.19. The first-order valence-electron chi connectivity index (χ1n) is 10.1. The second kappa shape index (κ2) is 10.9. The molecule has 3 aromatic rings. The number of fused-ring (bicyclic) bond motifs is 1. The number of thiazole rings is 1. The third-order valence-corrected chi connectivity index (χ3v) is 5.90. The Morgan fingerprint density at radius 1 is 0.909 bits per heavy atom. The standard InChI is InChI=1S/C23H26N2O7S/c1-6-32-20(27)13-25-21-16(29-3)9-10-17(30-4)22(21)33-23(25)24-19(26)12-14-7-8-15(28-2)18(11-14)31-5/h7-11H,6,12-13H2,1-5H3. The molecule has 0 aliphatic heterocycles. The summed E-state index contributed by atoms with van der Waals surface area (Å²) in [5, 5.41) is 0. The molecule has 0 unspecified atom stereocenters. The lowest BCUT2D eigenvalue weighted by atomic mass is 10.1. The number of aromatic nitrogens is 1. The monoisotopic (exact) mass is 474 g/mol. The van der Waals surface area contributed by atoms with Gasteiger partial charge in [0, 0.05) is 0 Å². The highest BCUT2D eigenvalue weighted by molar-refractivity contribution is 7.16. The van der Waals surface area contributed by atoms with Crippen LogP contribution in [0.3, 0.4) is 0 Å². The highest BCUT2D eigenvalue weighted by Crippen LogP contribution is 2.35. The third-order valence-electron chi connectivity index (χ3n) is 4.81. The van der Waals surface area contributed by atoms with Gasteiger partial charge in [-0.15, -0.1) is 0 Å². The highest BCUT2D eigenvalue weighted by atomic mass is 32.1. The lowest BCUT2D eigenvalue weighted by molar-refractivity contribution is -0.143. The van der Waals surface area contributed by atoms with Gasteiger partial charge in [0.2, 0.25) is 0 Å². The number of hydrogen-bond donors (Lipinski definition) is 0. The van der Waals surface area contributed by atoms with Crippen LogP contribution in [-0.2, 0) is 27.3 Å². The average molecular weight is 475 g/mol. The summed E-state index contributed by atoms with van der Waals surface area (Å²) in [7, 11) is 6.16. The van der Waals surface area contributed by atoms with Crippen LogP contribution >= 0.6 is 11.3 Å². The van der Waals surface area contributed by atoms with Gasteiger partial charge >= 0.3 is 5.97 Å². The molecular weight excluding hydrogens is 448 g/mol. The Kier molecular flexibility index (Phi) is 7.94. The number of hydrogen-bond acceptors (Lipinski definition) is 8. The Balaban J connectivity index is 2.08. The van der Waals surface area contributed by atoms with Crippen LogP contribution in [0, 0.1) is 0 Å². The van der Waals surface area contributed by atoms with Crippen LogP contribution in [0.4, 0.5) is 0 Å². The number of methoxy groups -OCH3 is 4. The van der Waals surface area contributed by atoms with Crippen LogP contribution in [-0.4, -0.2) is 51.5 Å². The number of carbonyl (C=O) groups is 2. The van der Waals surface area contributed by atoms with Crippen LogP contribution in [0.1, 0.15) is 12.5 Å². The summed E-state index contributed by atoms with van der Waals surface area (Å²) in [4.78, 5) is 29.8. The van der Waals surface area contributed by atoms with E-state index in [9.17, 15) is 9.59 Å². The summed E-state index contributed by atoms with van der Waals surface area (Å²) in [6.45, 7) is 1.85. The summed E-state index contributed by atoms with van der Waals surface area (Å²) in [5.74, 6) is 1.38. The third kappa shape index (κ3) is 5.28. The van der Waals surface area contributed by atoms with Crippen molar-refractivity contribution in [1.29, 1.82) is 0 Å². The molecule has 33 heavy (non-hydrogen) atoms. The maximum atomic E-state index is 12.9. The number of benzene rings is 2. The van der Waals surface area contributed by atoms with Crippen molar-refractivity contribution in [3.05, 3.63) is 40.7 Å². The number of carbonyl (C=O) groups excluding carboxylic acids is 2. The molecule has 176 valence electrons. The zero-order valence-electron chi connectivity index (χ0n) is 19.2. The molecule has 2 aromatic carbocycles. The van der Waals surface area contributed by atoms with E-state index in [1.807, 2.05) is 0 Å². The Hall–Kier alpha value is -3.53. The summed E-state index contributed by atoms with van der Waals surface area (Å²) in [6.07, 6.45) is 0.0439. The van der Waals surface area contributed by atoms with Crippen molar-refractivity contribution in [3.63, 3.8) is 0 Å². The van der Waals surface area contributed by atoms with E-state index < -0.39 is 5.97 Å². The van der Waals surface area contributed by atoms with Crippen molar-refractivity contribution in [2.75, 3.05) is 35.0 Å². The first-order chi connectivity index (χ1) is 15.9. The van der Waals surface area contributed by atoms with Gasteiger partial charge in [0.25, 0.3) is 5.91 Å². The van der Waals surface area contributed by atoms with Crippen molar-refractivity contribution in [2.24, 2.45) is 4.99 Å². The zero-order valence-corrected chi connectivity index (χ0v) is 20.0. The molecule has 3 rings (SSSR count). The maximum absolute atomic E-state index is 12.9. The molecule has 0 fully saturated rings. The number of amides is 1. The molecule has 1 heterocycles. The number of esters is 1. The van der Waals surface area contributed by atoms with Gasteiger partial charge in [-0.05, 0) is 36.8 Å². The van der Waals surface area contributed by atoms with Gasteiger partial charge in [0.15, 0.2) is 16.3 Å². The molecule has 0 saturated carbocycles. The first-order valence-corrected chi connectivity index (χ1v) is 11.0. The maximum Gasteiger partial charge on any atom is 0.326 e. The van der Waals surface area contributed by atoms with Crippen LogP contribution in [0.15, 0.2) is 35.3 Å². The first kappa shape index (κ1) is 24.1. The molecule has 9 nitrogen and oxygen atoms in total. The van der Waals surface area contributed by atoms with E-state index in [0.717, 1.165) is 5.56 Å². The van der Waals surface area contributed by atoms with Gasteiger partial charge in [-0.2, -0.15) is 4.99 Å². The van der Waals surface area contributed by atoms with Gasteiger partial charge < -0.3 is 28.3 Å². The SMILES string of the molecule is CCOC(=O)Cn1c(=NC(=O)Cc2ccc(OC)c(OC)c2)sc2c(OC)ccc(OC)c21. The minimum Gasteiger partial charge on any atom is -0.495 e. The van der Waals surface area contributed by atoms with Gasteiger partial charge in [-0.1, -0.05) is 17.4 Å². The van der Waals surface area contributed by atoms with E-state index in [4.69, 9.17) is 23.7 Å². The van der Waals surface area contributed by atoms with Crippen molar-refractivity contribution in [3.8, 4) is 23.0 Å². The molecule has 1 aromatic heterocycles. The summed E-state index contributed by atoms with van der Waals surface area (Å²) >= 11 is 1.24. The smallest absolute Gasteiger partial charge is 0.326 e. The normalized spacial score (nSPS) is 11.4. The van der Waals surface area contributed by atoms with Crippen molar-refractivity contribution in [1.82, 2.24) is 4.57 Å². The van der Waals surface area contributed by atoms with Crippen LogP contribution in [0.2, 0.25) is 0 Å². The molecule has 0 N–H and O–H groups in total. The minimum absolute atomic E-state index is 0.0439. The largest absolute Gasteiger partial charge is 0.495 e. The van der Waals surface area contributed by atoms with Gasteiger partial charge in [0.1, 0.15) is 28.3 Å². The molecule has 0 bridgehead atoms. The van der Waals surface area contributed by atoms with E-state index in [-0.39, 0.29) is 25.5 Å². The van der Waals surface area contributed by atoms with E-state index in [0.29, 0.717) is 38.0 Å². The average Bonchev–Trinajstić information content (AvgIpc) is 3.15. The molecular formula is C23H26N2O7S. The topological polar surface area (TPSA) is 97.6 Å². The van der Waals surface area contributed by atoms with Gasteiger partial charge in [-0.25, -0.2) is 0 Å². The summed E-state index contributed by atoms with van der Waals surface area (Å²) in [5.41, 5.74) is 1.32. The fourth-order valence-electron chi connectivity index (χ4n) is 3.33. The Morgan fingerprint density at radius 2 is 1.55 bits per heavy atom. The van der Waals surface area contributed by atoms with Crippen LogP contribution < -0.4 is 23.7 Å². The second-order valence-corrected chi connectivity index (χ2v) is 7.77. The zero-order chi connectivity index (χ0) is 24.0. The van der Waals surface area contributed by atoms with Crippen LogP contribution in [0.25, 0.3) is 10.2 Å². The predicted molar refractivity (Wildman–Crippen MR) is 123 cm³/mol. The Labute approximate surface area is 195 Å². The van der Waals surface area contributed by atoms with Gasteiger partial charge in [0.05, 0.1) is 41.5 Å². The van der Waals surface area contributed by atoms with E-state index >= 15 is 0 Å². The number of nitrogens with zero attached hydrogens (tertiary/aromatic N) is 2. The lowest BCUT2D eigenvalue weighted by Gasteiger charge is -2.10. The summed E-state index contributed by atoms with van der Waals surface area (Å²) < 4.78 is 29.0. The second-order valence-electron chi connectivity index (χ2n) is 6.80. The molecule has 0 aliphatic carbocycles. The fraction of sp³-hybridized carbons (Fsp3) is 0.348. The van der Waals surface area contributed by atoms with E-state index in [1.165, 1.54) is 25.6 Å². The molecule has 0 saturated heterocycles. The molecule has 0 atom stereocenters. The Bertz CT molecular complexity index is 1230. The molecule has 0 aliphatic rings.